The summed E-state index contributed by atoms with van der Waals surface area (Å²) < 4.78 is 27.7. The minimum Gasteiger partial charge on any atom is -0.389 e. The van der Waals surface area contributed by atoms with Gasteiger partial charge in [-0.25, -0.2) is 0 Å². The van der Waals surface area contributed by atoms with Gasteiger partial charge in [-0.2, -0.15) is 17.9 Å². The monoisotopic (exact) mass is 236 g/mol. The number of rotatable bonds is 7. The van der Waals surface area contributed by atoms with E-state index >= 15 is 0 Å². The molecule has 0 heterocycles. The molecule has 0 spiro atoms. The van der Waals surface area contributed by atoms with Crippen LogP contribution in [0.25, 0.3) is 0 Å². The Morgan fingerprint density at radius 3 is 2.27 bits per heavy atom. The highest BCUT2D eigenvalue weighted by Gasteiger charge is 2.29. The Morgan fingerprint density at radius 1 is 1.33 bits per heavy atom. The van der Waals surface area contributed by atoms with Gasteiger partial charge in [0.1, 0.15) is 0 Å². The van der Waals surface area contributed by atoms with Crippen molar-refractivity contribution in [3.05, 3.63) is 0 Å². The van der Waals surface area contributed by atoms with Crippen molar-refractivity contribution in [3.8, 4) is 0 Å². The predicted octanol–water partition coefficient (Wildman–Crippen LogP) is 0.124. The van der Waals surface area contributed by atoms with E-state index in [1.165, 1.54) is 0 Å². The Bertz CT molecular complexity index is 294. The predicted molar refractivity (Wildman–Crippen MR) is 58.6 cm³/mol. The third-order valence-electron chi connectivity index (χ3n) is 2.81. The van der Waals surface area contributed by atoms with Crippen LogP contribution in [0.3, 0.4) is 0 Å². The molecule has 90 valence electrons. The molecule has 6 heteroatoms. The Morgan fingerprint density at radius 2 is 1.87 bits per heavy atom. The highest BCUT2D eigenvalue weighted by Crippen LogP contribution is 2.19. The zero-order chi connectivity index (χ0) is 11.5. The van der Waals surface area contributed by atoms with E-state index < -0.39 is 15.8 Å². The van der Waals surface area contributed by atoms with E-state index in [-0.39, 0.29) is 12.6 Å². The van der Waals surface area contributed by atoms with E-state index in [0.29, 0.717) is 12.8 Å². The maximum absolute atomic E-state index is 11.4. The molecule has 1 rings (SSSR count). The lowest BCUT2D eigenvalue weighted by atomic mass is 9.98. The summed E-state index contributed by atoms with van der Waals surface area (Å²) in [5.74, 6) is 0. The Kier molecular flexibility index (Phi) is 4.11. The summed E-state index contributed by atoms with van der Waals surface area (Å²) in [4.78, 5) is 0. The van der Waals surface area contributed by atoms with Gasteiger partial charge in [-0.15, -0.1) is 0 Å². The average Bonchev–Trinajstić information content (AvgIpc) is 2.98. The molecule has 1 aliphatic carbocycles. The molecule has 0 radical (unpaired) electrons. The van der Waals surface area contributed by atoms with Gasteiger partial charge in [0.15, 0.2) is 0 Å². The van der Waals surface area contributed by atoms with Crippen LogP contribution in [0, 0.1) is 0 Å². The first-order valence-corrected chi connectivity index (χ1v) is 6.88. The molecule has 0 unspecified atom stereocenters. The SMILES string of the molecule is CCC(O)(CC)CNS(=O)(=O)NC1CC1. The first kappa shape index (κ1) is 12.9. The van der Waals surface area contributed by atoms with Crippen LogP contribution >= 0.6 is 0 Å². The lowest BCUT2D eigenvalue weighted by Crippen LogP contribution is -2.46. The summed E-state index contributed by atoms with van der Waals surface area (Å²) in [5.41, 5.74) is -0.932. The molecule has 15 heavy (non-hydrogen) atoms. The van der Waals surface area contributed by atoms with Gasteiger partial charge in [-0.05, 0) is 25.7 Å². The van der Waals surface area contributed by atoms with Crippen LogP contribution in [-0.4, -0.2) is 31.7 Å². The first-order valence-electron chi connectivity index (χ1n) is 5.40. The van der Waals surface area contributed by atoms with Crippen molar-refractivity contribution < 1.29 is 13.5 Å². The van der Waals surface area contributed by atoms with E-state index in [4.69, 9.17) is 0 Å². The second-order valence-electron chi connectivity index (χ2n) is 4.15. The fraction of sp³-hybridized carbons (Fsp3) is 1.00. The largest absolute Gasteiger partial charge is 0.389 e. The highest BCUT2D eigenvalue weighted by molar-refractivity contribution is 7.87. The van der Waals surface area contributed by atoms with Crippen molar-refractivity contribution in [3.63, 3.8) is 0 Å². The second-order valence-corrected chi connectivity index (χ2v) is 5.68. The van der Waals surface area contributed by atoms with E-state index in [9.17, 15) is 13.5 Å². The lowest BCUT2D eigenvalue weighted by molar-refractivity contribution is 0.0376. The smallest absolute Gasteiger partial charge is 0.277 e. The molecule has 5 nitrogen and oxygen atoms in total. The maximum Gasteiger partial charge on any atom is 0.277 e. The fourth-order valence-corrected chi connectivity index (χ4v) is 2.41. The normalized spacial score (nSPS) is 18.1. The van der Waals surface area contributed by atoms with Crippen LogP contribution in [0.5, 0.6) is 0 Å². The number of aliphatic hydroxyl groups is 1. The summed E-state index contributed by atoms with van der Waals surface area (Å²) in [6, 6.07) is 0.0962. The van der Waals surface area contributed by atoms with Crippen molar-refractivity contribution in [1.29, 1.82) is 0 Å². The minimum absolute atomic E-state index is 0.0715. The summed E-state index contributed by atoms with van der Waals surface area (Å²) >= 11 is 0. The van der Waals surface area contributed by atoms with Crippen molar-refractivity contribution in [2.24, 2.45) is 0 Å². The Labute approximate surface area is 91.4 Å². The van der Waals surface area contributed by atoms with Crippen molar-refractivity contribution in [2.75, 3.05) is 6.54 Å². The van der Waals surface area contributed by atoms with Gasteiger partial charge < -0.3 is 5.11 Å². The zero-order valence-electron chi connectivity index (χ0n) is 9.28. The topological polar surface area (TPSA) is 78.4 Å². The molecule has 0 aliphatic heterocycles. The number of nitrogens with one attached hydrogen (secondary N) is 2. The van der Waals surface area contributed by atoms with Crippen LogP contribution in [0.1, 0.15) is 39.5 Å². The lowest BCUT2D eigenvalue weighted by Gasteiger charge is -2.25. The molecule has 0 aromatic carbocycles. The average molecular weight is 236 g/mol. The van der Waals surface area contributed by atoms with Gasteiger partial charge >= 0.3 is 0 Å². The molecule has 0 aromatic rings. The molecule has 1 fully saturated rings. The van der Waals surface area contributed by atoms with Crippen LogP contribution in [-0.2, 0) is 10.2 Å². The third-order valence-corrected chi connectivity index (χ3v) is 3.97. The van der Waals surface area contributed by atoms with Crippen LogP contribution in [0.4, 0.5) is 0 Å². The summed E-state index contributed by atoms with van der Waals surface area (Å²) in [6.45, 7) is 3.75. The molecular weight excluding hydrogens is 216 g/mol. The van der Waals surface area contributed by atoms with Crippen LogP contribution in [0.2, 0.25) is 0 Å². The van der Waals surface area contributed by atoms with Gasteiger partial charge in [-0.1, -0.05) is 13.8 Å². The Balaban J connectivity index is 2.40. The van der Waals surface area contributed by atoms with Crippen molar-refractivity contribution >= 4 is 10.2 Å². The molecule has 0 amide bonds. The van der Waals surface area contributed by atoms with Crippen molar-refractivity contribution in [2.45, 2.75) is 51.2 Å². The summed E-state index contributed by atoms with van der Waals surface area (Å²) in [6.07, 6.45) is 2.89. The molecule has 0 atom stereocenters. The molecule has 1 aliphatic rings. The van der Waals surface area contributed by atoms with Gasteiger partial charge in [0.2, 0.25) is 0 Å². The van der Waals surface area contributed by atoms with Gasteiger partial charge in [0.05, 0.1) is 5.60 Å². The molecule has 3 N–H and O–H groups in total. The van der Waals surface area contributed by atoms with Crippen LogP contribution < -0.4 is 9.44 Å². The Hall–Kier alpha value is -0.170. The van der Waals surface area contributed by atoms with E-state index in [1.807, 2.05) is 13.8 Å². The fourth-order valence-electron chi connectivity index (χ4n) is 1.19. The highest BCUT2D eigenvalue weighted by atomic mass is 32.2. The van der Waals surface area contributed by atoms with E-state index in [2.05, 4.69) is 9.44 Å². The molecule has 0 bridgehead atoms. The summed E-state index contributed by atoms with van der Waals surface area (Å²) in [5, 5.41) is 9.89. The molecule has 0 saturated heterocycles. The number of hydrogen-bond donors (Lipinski definition) is 3. The standard InChI is InChI=1S/C9H20N2O3S/c1-3-9(12,4-2)7-10-15(13,14)11-8-5-6-8/h8,10-12H,3-7H2,1-2H3. The van der Waals surface area contributed by atoms with Gasteiger partial charge in [-0.3, -0.25) is 0 Å². The summed E-state index contributed by atoms with van der Waals surface area (Å²) in [7, 11) is -3.43. The van der Waals surface area contributed by atoms with Gasteiger partial charge in [0.25, 0.3) is 10.2 Å². The van der Waals surface area contributed by atoms with Crippen molar-refractivity contribution in [1.82, 2.24) is 9.44 Å². The first-order chi connectivity index (χ1) is 6.91. The second kappa shape index (κ2) is 4.78. The molecule has 0 aromatic heterocycles. The minimum atomic E-state index is -3.43. The van der Waals surface area contributed by atoms with E-state index in [0.717, 1.165) is 12.8 Å². The van der Waals surface area contributed by atoms with Crippen LogP contribution in [0.15, 0.2) is 0 Å². The molecular formula is C9H20N2O3S. The quantitative estimate of drug-likeness (QED) is 0.587. The maximum atomic E-state index is 11.4. The zero-order valence-corrected chi connectivity index (χ0v) is 10.1. The van der Waals surface area contributed by atoms with Gasteiger partial charge in [0, 0.05) is 12.6 Å². The van der Waals surface area contributed by atoms with E-state index in [1.54, 1.807) is 0 Å². The third kappa shape index (κ3) is 4.46. The number of hydrogen-bond acceptors (Lipinski definition) is 3. The molecule has 1 saturated carbocycles.